The van der Waals surface area contributed by atoms with Crippen LogP contribution in [0.2, 0.25) is 0 Å². The molecule has 5 aliphatic rings. The van der Waals surface area contributed by atoms with E-state index < -0.39 is 22.6 Å². The summed E-state index contributed by atoms with van der Waals surface area (Å²) < 4.78 is 4.54. The summed E-state index contributed by atoms with van der Waals surface area (Å²) >= 11 is 1.55. The van der Waals surface area contributed by atoms with Crippen molar-refractivity contribution in [2.24, 2.45) is 11.8 Å². The Morgan fingerprint density at radius 2 is 1.93 bits per heavy atom. The predicted molar refractivity (Wildman–Crippen MR) is 112 cm³/mol. The van der Waals surface area contributed by atoms with Crippen molar-refractivity contribution in [2.45, 2.75) is 54.2 Å². The second-order valence-electron chi connectivity index (χ2n) is 8.84. The maximum atomic E-state index is 13.9. The van der Waals surface area contributed by atoms with Gasteiger partial charge in [-0.15, -0.1) is 11.8 Å². The third kappa shape index (κ3) is 2.87. The highest BCUT2D eigenvalue weighted by Crippen LogP contribution is 2.60. The summed E-state index contributed by atoms with van der Waals surface area (Å²) in [4.78, 5) is 43.7. The van der Waals surface area contributed by atoms with Crippen molar-refractivity contribution in [2.75, 3.05) is 26.3 Å². The lowest BCUT2D eigenvalue weighted by Gasteiger charge is -2.39. The van der Waals surface area contributed by atoms with Gasteiger partial charge in [0, 0.05) is 24.4 Å². The van der Waals surface area contributed by atoms with Gasteiger partial charge in [0.1, 0.15) is 12.6 Å². The number of carbonyl (C=O) groups is 3. The second kappa shape index (κ2) is 7.71. The predicted octanol–water partition coefficient (Wildman–Crippen LogP) is 1.12. The molecule has 4 aliphatic heterocycles. The van der Waals surface area contributed by atoms with E-state index in [0.29, 0.717) is 6.54 Å². The van der Waals surface area contributed by atoms with Gasteiger partial charge in [-0.1, -0.05) is 43.6 Å². The molecular formula is C22H28N2O5S. The Morgan fingerprint density at radius 1 is 1.13 bits per heavy atom. The third-order valence-corrected chi connectivity index (χ3v) is 9.05. The number of carbonyl (C=O) groups excluding carboxylic acids is 3. The van der Waals surface area contributed by atoms with Crippen molar-refractivity contribution >= 4 is 29.5 Å². The highest BCUT2D eigenvalue weighted by molar-refractivity contribution is 8.02. The van der Waals surface area contributed by atoms with Crippen LogP contribution in [-0.4, -0.2) is 81.1 Å². The third-order valence-electron chi connectivity index (χ3n) is 7.30. The molecule has 1 N–H and O–H groups in total. The van der Waals surface area contributed by atoms with Gasteiger partial charge in [0.05, 0.1) is 23.2 Å². The van der Waals surface area contributed by atoms with Crippen LogP contribution >= 0.6 is 11.8 Å². The van der Waals surface area contributed by atoms with Crippen LogP contribution in [0.3, 0.4) is 0 Å². The van der Waals surface area contributed by atoms with Gasteiger partial charge in [-0.25, -0.2) is 0 Å². The highest BCUT2D eigenvalue weighted by Gasteiger charge is 2.71. The van der Waals surface area contributed by atoms with Crippen molar-refractivity contribution in [3.63, 3.8) is 0 Å². The molecule has 5 rings (SSSR count). The molecule has 2 saturated heterocycles. The van der Waals surface area contributed by atoms with Crippen molar-refractivity contribution in [3.05, 3.63) is 24.3 Å². The van der Waals surface area contributed by atoms with E-state index in [0.717, 1.165) is 25.7 Å². The molecule has 0 aromatic rings. The van der Waals surface area contributed by atoms with Crippen LogP contribution in [0.4, 0.5) is 0 Å². The summed E-state index contributed by atoms with van der Waals surface area (Å²) in [5.41, 5.74) is 0. The monoisotopic (exact) mass is 432 g/mol. The zero-order chi connectivity index (χ0) is 20.9. The minimum Gasteiger partial charge on any atom is -0.461 e. The van der Waals surface area contributed by atoms with Crippen LogP contribution in [-0.2, 0) is 19.1 Å². The number of hydrogen-bond donors (Lipinski definition) is 1. The number of thioether (sulfide) groups is 1. The molecule has 1 aliphatic carbocycles. The molecule has 8 heteroatoms. The number of esters is 1. The molecule has 1 unspecified atom stereocenters. The van der Waals surface area contributed by atoms with Crippen molar-refractivity contribution in [1.82, 2.24) is 9.80 Å². The van der Waals surface area contributed by atoms with Gasteiger partial charge < -0.3 is 19.6 Å². The minimum atomic E-state index is -0.803. The Balaban J connectivity index is 1.57. The molecule has 1 saturated carbocycles. The van der Waals surface area contributed by atoms with E-state index in [1.54, 1.807) is 11.8 Å². The lowest BCUT2D eigenvalue weighted by molar-refractivity contribution is -0.151. The molecule has 4 heterocycles. The van der Waals surface area contributed by atoms with E-state index >= 15 is 0 Å². The molecule has 0 radical (unpaired) electrons. The average Bonchev–Trinajstić information content (AvgIpc) is 3.03. The molecule has 0 bridgehead atoms. The summed E-state index contributed by atoms with van der Waals surface area (Å²) in [6.45, 7) is 0.636. The maximum Gasteiger partial charge on any atom is 0.311 e. The summed E-state index contributed by atoms with van der Waals surface area (Å²) in [5.74, 6) is -1.88. The Hall–Kier alpha value is -1.80. The Bertz CT molecular complexity index is 807. The number of hydrogen-bond acceptors (Lipinski definition) is 6. The SMILES string of the molecule is O=C1OCC=C[C@H]2S[C@]34C=CCN(C5CCCCC5)C(=O)C3N(CCO)C(=O)[C@@H]4[C@@H]12. The smallest absolute Gasteiger partial charge is 0.311 e. The Labute approximate surface area is 180 Å². The number of ether oxygens (including phenoxy) is 1. The number of nitrogens with zero attached hydrogens (tertiary/aromatic N) is 2. The first-order valence-electron chi connectivity index (χ1n) is 11.0. The van der Waals surface area contributed by atoms with E-state index in [1.165, 1.54) is 11.3 Å². The van der Waals surface area contributed by atoms with Gasteiger partial charge in [0.25, 0.3) is 0 Å². The van der Waals surface area contributed by atoms with Crippen LogP contribution in [0.25, 0.3) is 0 Å². The number of aliphatic hydroxyl groups excluding tert-OH is 1. The molecule has 30 heavy (non-hydrogen) atoms. The number of amides is 2. The molecule has 0 aromatic heterocycles. The number of cyclic esters (lactones) is 1. The zero-order valence-corrected chi connectivity index (χ0v) is 17.8. The van der Waals surface area contributed by atoms with Gasteiger partial charge >= 0.3 is 5.97 Å². The van der Waals surface area contributed by atoms with Crippen LogP contribution in [0.15, 0.2) is 24.3 Å². The molecule has 1 spiro atoms. The van der Waals surface area contributed by atoms with Crippen molar-refractivity contribution in [3.8, 4) is 0 Å². The fourth-order valence-corrected chi connectivity index (χ4v) is 8.06. The average molecular weight is 433 g/mol. The highest BCUT2D eigenvalue weighted by atomic mass is 32.2. The minimum absolute atomic E-state index is 0.0440. The number of rotatable bonds is 3. The molecule has 162 valence electrons. The van der Waals surface area contributed by atoms with E-state index in [1.807, 2.05) is 29.2 Å². The van der Waals surface area contributed by atoms with Gasteiger partial charge in [-0.3, -0.25) is 14.4 Å². The standard InChI is InChI=1S/C22H28N2O5S/c25-12-11-24-18-20(27)23(14-6-2-1-3-7-14)10-5-9-22(18)17(19(24)26)16-15(30-22)8-4-13-29-21(16)28/h4-5,8-9,14-18,25H,1-3,6-7,10-13H2/t15-,16+,17+,18?,22+/m1/s1. The van der Waals surface area contributed by atoms with Crippen LogP contribution in [0, 0.1) is 11.8 Å². The topological polar surface area (TPSA) is 87.2 Å². The summed E-state index contributed by atoms with van der Waals surface area (Å²) in [6.07, 6.45) is 13.2. The summed E-state index contributed by atoms with van der Waals surface area (Å²) in [5, 5.41) is 9.46. The quantitative estimate of drug-likeness (QED) is 0.531. The molecule has 7 nitrogen and oxygen atoms in total. The molecular weight excluding hydrogens is 404 g/mol. The van der Waals surface area contributed by atoms with E-state index in [9.17, 15) is 19.5 Å². The lowest BCUT2D eigenvalue weighted by atomic mass is 9.78. The van der Waals surface area contributed by atoms with Gasteiger partial charge in [-0.2, -0.15) is 0 Å². The fourth-order valence-electron chi connectivity index (χ4n) is 6.06. The van der Waals surface area contributed by atoms with Crippen molar-refractivity contribution in [1.29, 1.82) is 0 Å². The van der Waals surface area contributed by atoms with Crippen LogP contribution in [0.1, 0.15) is 32.1 Å². The maximum absolute atomic E-state index is 13.9. The Kier molecular flexibility index (Phi) is 5.17. The van der Waals surface area contributed by atoms with Gasteiger partial charge in [0.2, 0.25) is 11.8 Å². The number of likely N-dealkylation sites (tertiary alicyclic amines) is 1. The first-order chi connectivity index (χ1) is 14.6. The number of β-amino-alcohol motifs (C(OH)–C–C–N with tert-alkyl or cyclic N) is 1. The first kappa shape index (κ1) is 20.1. The summed E-state index contributed by atoms with van der Waals surface area (Å²) in [6, 6.07) is -0.501. The normalized spacial score (nSPS) is 38.8. The van der Waals surface area contributed by atoms with Gasteiger partial charge in [-0.05, 0) is 12.8 Å². The number of aliphatic hydroxyl groups is 1. The first-order valence-corrected chi connectivity index (χ1v) is 11.9. The van der Waals surface area contributed by atoms with Crippen LogP contribution in [0.5, 0.6) is 0 Å². The zero-order valence-electron chi connectivity index (χ0n) is 16.9. The second-order valence-corrected chi connectivity index (χ2v) is 10.3. The molecule has 3 fully saturated rings. The van der Waals surface area contributed by atoms with E-state index in [-0.39, 0.29) is 48.8 Å². The molecule has 2 amide bonds. The van der Waals surface area contributed by atoms with E-state index in [2.05, 4.69) is 0 Å². The Morgan fingerprint density at radius 3 is 2.70 bits per heavy atom. The fraction of sp³-hybridized carbons (Fsp3) is 0.682. The summed E-state index contributed by atoms with van der Waals surface area (Å²) in [7, 11) is 0. The number of fused-ring (bicyclic) bond motifs is 2. The van der Waals surface area contributed by atoms with Crippen LogP contribution < -0.4 is 0 Å². The molecule has 5 atom stereocenters. The van der Waals surface area contributed by atoms with Gasteiger partial charge in [0.15, 0.2) is 0 Å². The molecule has 0 aromatic carbocycles. The lowest BCUT2D eigenvalue weighted by Crippen LogP contribution is -2.55. The van der Waals surface area contributed by atoms with E-state index in [4.69, 9.17) is 4.74 Å². The van der Waals surface area contributed by atoms with Crippen molar-refractivity contribution < 1.29 is 24.2 Å². The largest absolute Gasteiger partial charge is 0.461 e.